The first kappa shape index (κ1) is 23.7. The molecular weight excluding hydrogens is 412 g/mol. The summed E-state index contributed by atoms with van der Waals surface area (Å²) in [7, 11) is -1.89. The lowest BCUT2D eigenvalue weighted by Crippen LogP contribution is -2.50. The zero-order chi connectivity index (χ0) is 22.5. The van der Waals surface area contributed by atoms with Crippen molar-refractivity contribution in [1.29, 1.82) is 0 Å². The normalized spacial score (nSPS) is 17.2. The second kappa shape index (κ2) is 9.52. The molecule has 1 aliphatic rings. The SMILES string of the molecule is COc1cc(NC(=O)N2CCC[C@@H](NS(C)(=O)=O)C2)ccc1NC(=O)OC(C)(C)C. The Balaban J connectivity index is 2.02. The fraction of sp³-hybridized carbons (Fsp3) is 0.579. The summed E-state index contributed by atoms with van der Waals surface area (Å²) in [5.41, 5.74) is 0.244. The standard InChI is InChI=1S/C19H30N4O6S/c1-19(2,3)29-18(25)21-15-9-8-13(11-16(15)28-4)20-17(24)23-10-6-7-14(12-23)22-30(5,26)27/h8-9,11,14,22H,6-7,10,12H2,1-5H3,(H,20,24)(H,21,25)/t14-/m1/s1. The van der Waals surface area contributed by atoms with Gasteiger partial charge in [-0.2, -0.15) is 0 Å². The van der Waals surface area contributed by atoms with Crippen molar-refractivity contribution < 1.29 is 27.5 Å². The number of ether oxygens (including phenoxy) is 2. The Morgan fingerprint density at radius 1 is 1.20 bits per heavy atom. The first-order chi connectivity index (χ1) is 13.9. The summed E-state index contributed by atoms with van der Waals surface area (Å²) >= 11 is 0. The Kier molecular flexibility index (Phi) is 7.54. The van der Waals surface area contributed by atoms with Crippen molar-refractivity contribution in [2.24, 2.45) is 0 Å². The highest BCUT2D eigenvalue weighted by Crippen LogP contribution is 2.29. The van der Waals surface area contributed by atoms with Gasteiger partial charge in [0.1, 0.15) is 11.4 Å². The zero-order valence-corrected chi connectivity index (χ0v) is 18.8. The summed E-state index contributed by atoms with van der Waals surface area (Å²) in [5, 5.41) is 5.39. The van der Waals surface area contributed by atoms with Crippen LogP contribution in [0.25, 0.3) is 0 Å². The molecule has 1 heterocycles. The van der Waals surface area contributed by atoms with Crippen LogP contribution in [0.2, 0.25) is 0 Å². The van der Waals surface area contributed by atoms with E-state index in [1.54, 1.807) is 43.9 Å². The smallest absolute Gasteiger partial charge is 0.412 e. The average Bonchev–Trinajstić information content (AvgIpc) is 2.60. The monoisotopic (exact) mass is 442 g/mol. The van der Waals surface area contributed by atoms with Crippen molar-refractivity contribution in [3.05, 3.63) is 18.2 Å². The van der Waals surface area contributed by atoms with E-state index in [9.17, 15) is 18.0 Å². The molecule has 0 saturated carbocycles. The number of anilines is 2. The van der Waals surface area contributed by atoms with Gasteiger partial charge in [0.2, 0.25) is 10.0 Å². The zero-order valence-electron chi connectivity index (χ0n) is 17.9. The molecule has 0 aromatic heterocycles. The number of amides is 3. The predicted molar refractivity (Wildman–Crippen MR) is 114 cm³/mol. The highest BCUT2D eigenvalue weighted by atomic mass is 32.2. The number of methoxy groups -OCH3 is 1. The lowest BCUT2D eigenvalue weighted by Gasteiger charge is -2.32. The van der Waals surface area contributed by atoms with Crippen LogP contribution in [0.15, 0.2) is 18.2 Å². The molecule has 10 nitrogen and oxygen atoms in total. The molecule has 1 aromatic rings. The molecule has 1 aliphatic heterocycles. The van der Waals surface area contributed by atoms with Crippen LogP contribution in [0.4, 0.5) is 21.0 Å². The summed E-state index contributed by atoms with van der Waals surface area (Å²) in [4.78, 5) is 26.1. The van der Waals surface area contributed by atoms with Crippen LogP contribution < -0.4 is 20.1 Å². The molecular formula is C19H30N4O6S. The van der Waals surface area contributed by atoms with Gasteiger partial charge in [-0.3, -0.25) is 5.32 Å². The van der Waals surface area contributed by atoms with E-state index in [1.807, 2.05) is 0 Å². The number of urea groups is 1. The van der Waals surface area contributed by atoms with Gasteiger partial charge in [0.15, 0.2) is 0 Å². The van der Waals surface area contributed by atoms with Gasteiger partial charge in [-0.05, 0) is 45.7 Å². The maximum absolute atomic E-state index is 12.6. The second-order valence-electron chi connectivity index (χ2n) is 8.15. The van der Waals surface area contributed by atoms with Crippen molar-refractivity contribution >= 4 is 33.5 Å². The molecule has 11 heteroatoms. The number of hydrogen-bond donors (Lipinski definition) is 3. The molecule has 0 spiro atoms. The van der Waals surface area contributed by atoms with Crippen LogP contribution in [0.3, 0.4) is 0 Å². The van der Waals surface area contributed by atoms with E-state index >= 15 is 0 Å². The number of carbonyl (C=O) groups is 2. The number of carbonyl (C=O) groups excluding carboxylic acids is 2. The Morgan fingerprint density at radius 3 is 2.50 bits per heavy atom. The molecule has 2 rings (SSSR count). The van der Waals surface area contributed by atoms with Crippen LogP contribution in [0.5, 0.6) is 5.75 Å². The molecule has 30 heavy (non-hydrogen) atoms. The summed E-state index contributed by atoms with van der Waals surface area (Å²) < 4.78 is 36.0. The molecule has 1 fully saturated rings. The molecule has 3 amide bonds. The molecule has 0 aliphatic carbocycles. The summed E-state index contributed by atoms with van der Waals surface area (Å²) in [6.45, 7) is 6.11. The largest absolute Gasteiger partial charge is 0.494 e. The number of sulfonamides is 1. The average molecular weight is 443 g/mol. The molecule has 1 saturated heterocycles. The first-order valence-electron chi connectivity index (χ1n) is 9.57. The predicted octanol–water partition coefficient (Wildman–Crippen LogP) is 2.59. The van der Waals surface area contributed by atoms with Crippen molar-refractivity contribution in [3.63, 3.8) is 0 Å². The Hall–Kier alpha value is -2.53. The topological polar surface area (TPSA) is 126 Å². The molecule has 0 bridgehead atoms. The molecule has 1 atom stereocenters. The lowest BCUT2D eigenvalue weighted by molar-refractivity contribution is 0.0635. The lowest BCUT2D eigenvalue weighted by atomic mass is 10.1. The number of nitrogens with zero attached hydrogens (tertiary/aromatic N) is 1. The van der Waals surface area contributed by atoms with Crippen LogP contribution in [0, 0.1) is 0 Å². The molecule has 168 valence electrons. The van der Waals surface area contributed by atoms with Gasteiger partial charge in [-0.1, -0.05) is 0 Å². The van der Waals surface area contributed by atoms with Gasteiger partial charge in [0, 0.05) is 30.9 Å². The minimum absolute atomic E-state index is 0.286. The third kappa shape index (κ3) is 7.71. The number of rotatable bonds is 5. The van der Waals surface area contributed by atoms with Crippen LogP contribution in [-0.4, -0.2) is 63.5 Å². The third-order valence-corrected chi connectivity index (χ3v) is 4.94. The van der Waals surface area contributed by atoms with Crippen molar-refractivity contribution in [3.8, 4) is 5.75 Å². The van der Waals surface area contributed by atoms with Gasteiger partial charge in [-0.25, -0.2) is 22.7 Å². The van der Waals surface area contributed by atoms with E-state index in [2.05, 4.69) is 15.4 Å². The Labute approximate surface area is 177 Å². The Bertz CT molecular complexity index is 882. The Morgan fingerprint density at radius 2 is 1.90 bits per heavy atom. The van der Waals surface area contributed by atoms with E-state index in [4.69, 9.17) is 9.47 Å². The summed E-state index contributed by atoms with van der Waals surface area (Å²) in [5.74, 6) is 0.355. The summed E-state index contributed by atoms with van der Waals surface area (Å²) in [6, 6.07) is 4.16. The summed E-state index contributed by atoms with van der Waals surface area (Å²) in [6.07, 6.45) is 1.86. The van der Waals surface area contributed by atoms with E-state index in [0.717, 1.165) is 6.26 Å². The van der Waals surface area contributed by atoms with Gasteiger partial charge >= 0.3 is 12.1 Å². The first-order valence-corrected chi connectivity index (χ1v) is 11.5. The maximum atomic E-state index is 12.6. The van der Waals surface area contributed by atoms with Crippen LogP contribution in [0.1, 0.15) is 33.6 Å². The highest BCUT2D eigenvalue weighted by Gasteiger charge is 2.26. The van der Waals surface area contributed by atoms with E-state index in [-0.39, 0.29) is 18.6 Å². The van der Waals surface area contributed by atoms with Gasteiger partial charge < -0.3 is 19.7 Å². The van der Waals surface area contributed by atoms with Gasteiger partial charge in [-0.15, -0.1) is 0 Å². The highest BCUT2D eigenvalue weighted by molar-refractivity contribution is 7.88. The van der Waals surface area contributed by atoms with Crippen molar-refractivity contribution in [2.45, 2.75) is 45.3 Å². The molecule has 0 unspecified atom stereocenters. The van der Waals surface area contributed by atoms with E-state index in [0.29, 0.717) is 36.5 Å². The van der Waals surface area contributed by atoms with Gasteiger partial charge in [0.25, 0.3) is 0 Å². The maximum Gasteiger partial charge on any atom is 0.412 e. The number of piperidine rings is 1. The van der Waals surface area contributed by atoms with Gasteiger partial charge in [0.05, 0.1) is 19.1 Å². The molecule has 0 radical (unpaired) electrons. The second-order valence-corrected chi connectivity index (χ2v) is 9.93. The minimum Gasteiger partial charge on any atom is -0.494 e. The quantitative estimate of drug-likeness (QED) is 0.643. The number of likely N-dealkylation sites (tertiary alicyclic amines) is 1. The molecule has 1 aromatic carbocycles. The fourth-order valence-corrected chi connectivity index (χ4v) is 3.85. The number of benzene rings is 1. The number of hydrogen-bond acceptors (Lipinski definition) is 6. The third-order valence-electron chi connectivity index (χ3n) is 4.18. The molecule has 3 N–H and O–H groups in total. The number of nitrogens with one attached hydrogen (secondary N) is 3. The fourth-order valence-electron chi connectivity index (χ4n) is 3.05. The van der Waals surface area contributed by atoms with E-state index in [1.165, 1.54) is 7.11 Å². The van der Waals surface area contributed by atoms with Crippen molar-refractivity contribution in [1.82, 2.24) is 9.62 Å². The van der Waals surface area contributed by atoms with Crippen LogP contribution in [-0.2, 0) is 14.8 Å². The van der Waals surface area contributed by atoms with Crippen molar-refractivity contribution in [2.75, 3.05) is 37.1 Å². The van der Waals surface area contributed by atoms with E-state index < -0.39 is 21.7 Å². The van der Waals surface area contributed by atoms with Crippen LogP contribution >= 0.6 is 0 Å². The minimum atomic E-state index is -3.34.